The Bertz CT molecular complexity index is 457. The maximum Gasteiger partial charge on any atom is 0.218 e. The highest BCUT2D eigenvalue weighted by molar-refractivity contribution is 6.42. The van der Waals surface area contributed by atoms with Gasteiger partial charge in [-0.05, 0) is 19.1 Å². The number of halogens is 2. The minimum Gasteiger partial charge on any atom is -0.489 e. The highest BCUT2D eigenvalue weighted by Gasteiger charge is 2.11. The molecule has 20 heavy (non-hydrogen) atoms. The number of hydrogen-bond donors (Lipinski definition) is 3. The van der Waals surface area contributed by atoms with Gasteiger partial charge in [0.2, 0.25) is 5.91 Å². The number of rotatable bonds is 8. The number of amides is 1. The lowest BCUT2D eigenvalue weighted by Crippen LogP contribution is -2.38. The monoisotopic (exact) mass is 320 g/mol. The van der Waals surface area contributed by atoms with Gasteiger partial charge in [-0.3, -0.25) is 4.79 Å². The number of carbonyl (C=O) groups is 1. The first-order chi connectivity index (χ1) is 9.40. The van der Waals surface area contributed by atoms with Crippen LogP contribution in [0.3, 0.4) is 0 Å². The van der Waals surface area contributed by atoms with E-state index in [2.05, 4.69) is 5.32 Å². The molecule has 0 bridgehead atoms. The molecule has 4 N–H and O–H groups in total. The SMILES string of the molecule is CC(CC(N)=O)NCC(O)COc1cccc(Cl)c1Cl. The summed E-state index contributed by atoms with van der Waals surface area (Å²) in [5, 5.41) is 13.5. The molecular weight excluding hydrogens is 303 g/mol. The lowest BCUT2D eigenvalue weighted by Gasteiger charge is -2.17. The summed E-state index contributed by atoms with van der Waals surface area (Å²) in [7, 11) is 0. The molecule has 112 valence electrons. The minimum absolute atomic E-state index is 0.0658. The highest BCUT2D eigenvalue weighted by Crippen LogP contribution is 2.31. The van der Waals surface area contributed by atoms with Crippen molar-refractivity contribution >= 4 is 29.1 Å². The Labute approximate surface area is 128 Å². The van der Waals surface area contributed by atoms with Crippen molar-refractivity contribution in [2.24, 2.45) is 5.73 Å². The summed E-state index contributed by atoms with van der Waals surface area (Å²) < 4.78 is 5.39. The van der Waals surface area contributed by atoms with Gasteiger partial charge in [-0.1, -0.05) is 29.3 Å². The molecule has 0 spiro atoms. The first kappa shape index (κ1) is 17.0. The van der Waals surface area contributed by atoms with E-state index in [0.29, 0.717) is 15.8 Å². The van der Waals surface area contributed by atoms with Gasteiger partial charge >= 0.3 is 0 Å². The van der Waals surface area contributed by atoms with Crippen LogP contribution in [0.2, 0.25) is 10.0 Å². The largest absolute Gasteiger partial charge is 0.489 e. The van der Waals surface area contributed by atoms with Gasteiger partial charge in [0, 0.05) is 19.0 Å². The van der Waals surface area contributed by atoms with Gasteiger partial charge in [-0.2, -0.15) is 0 Å². The van der Waals surface area contributed by atoms with E-state index in [1.807, 2.05) is 6.92 Å². The molecule has 0 aliphatic heterocycles. The Morgan fingerprint density at radius 2 is 2.20 bits per heavy atom. The number of carbonyl (C=O) groups excluding carboxylic acids is 1. The number of hydrogen-bond acceptors (Lipinski definition) is 4. The minimum atomic E-state index is -0.736. The molecule has 0 fully saturated rings. The lowest BCUT2D eigenvalue weighted by atomic mass is 10.2. The summed E-state index contributed by atoms with van der Waals surface area (Å²) in [4.78, 5) is 10.7. The van der Waals surface area contributed by atoms with Gasteiger partial charge in [0.15, 0.2) is 0 Å². The van der Waals surface area contributed by atoms with E-state index >= 15 is 0 Å². The van der Waals surface area contributed by atoms with E-state index in [4.69, 9.17) is 33.7 Å². The second-order valence-corrected chi connectivity index (χ2v) is 5.28. The number of aliphatic hydroxyl groups is 1. The third-order valence-electron chi connectivity index (χ3n) is 2.56. The number of benzene rings is 1. The van der Waals surface area contributed by atoms with Gasteiger partial charge in [-0.15, -0.1) is 0 Å². The lowest BCUT2D eigenvalue weighted by molar-refractivity contribution is -0.118. The van der Waals surface area contributed by atoms with Gasteiger partial charge in [0.25, 0.3) is 0 Å². The normalized spacial score (nSPS) is 13.8. The maximum atomic E-state index is 10.7. The molecule has 0 radical (unpaired) electrons. The van der Waals surface area contributed by atoms with Gasteiger partial charge in [0.05, 0.1) is 5.02 Å². The van der Waals surface area contributed by atoms with Crippen LogP contribution in [-0.2, 0) is 4.79 Å². The molecule has 5 nitrogen and oxygen atoms in total. The summed E-state index contributed by atoms with van der Waals surface area (Å²) in [5.74, 6) is 0.0323. The van der Waals surface area contributed by atoms with Crippen LogP contribution in [-0.4, -0.2) is 36.3 Å². The van der Waals surface area contributed by atoms with Gasteiger partial charge in [-0.25, -0.2) is 0 Å². The molecule has 2 unspecified atom stereocenters. The first-order valence-electron chi connectivity index (χ1n) is 6.16. The van der Waals surface area contributed by atoms with E-state index in [-0.39, 0.29) is 31.5 Å². The topological polar surface area (TPSA) is 84.6 Å². The molecule has 0 saturated carbocycles. The van der Waals surface area contributed by atoms with Crippen molar-refractivity contribution in [2.75, 3.05) is 13.2 Å². The molecule has 0 saturated heterocycles. The van der Waals surface area contributed by atoms with Crippen molar-refractivity contribution in [1.29, 1.82) is 0 Å². The summed E-state index contributed by atoms with van der Waals surface area (Å²) in [6.45, 7) is 2.16. The van der Waals surface area contributed by atoms with Crippen LogP contribution in [0.1, 0.15) is 13.3 Å². The van der Waals surface area contributed by atoms with Crippen LogP contribution >= 0.6 is 23.2 Å². The molecule has 0 aromatic heterocycles. The number of ether oxygens (including phenoxy) is 1. The fourth-order valence-electron chi connectivity index (χ4n) is 1.55. The van der Waals surface area contributed by atoms with E-state index in [1.165, 1.54) is 0 Å². The predicted molar refractivity (Wildman–Crippen MR) is 79.2 cm³/mol. The van der Waals surface area contributed by atoms with Crippen molar-refractivity contribution in [3.8, 4) is 5.75 Å². The zero-order valence-corrected chi connectivity index (χ0v) is 12.6. The first-order valence-corrected chi connectivity index (χ1v) is 6.92. The number of aliphatic hydroxyl groups excluding tert-OH is 1. The van der Waals surface area contributed by atoms with Crippen LogP contribution < -0.4 is 15.8 Å². The Balaban J connectivity index is 2.34. The zero-order chi connectivity index (χ0) is 15.1. The zero-order valence-electron chi connectivity index (χ0n) is 11.1. The molecule has 1 aromatic carbocycles. The van der Waals surface area contributed by atoms with Crippen LogP contribution in [0.4, 0.5) is 0 Å². The highest BCUT2D eigenvalue weighted by atomic mass is 35.5. The van der Waals surface area contributed by atoms with Crippen LogP contribution in [0.15, 0.2) is 18.2 Å². The Morgan fingerprint density at radius 3 is 2.85 bits per heavy atom. The number of nitrogens with two attached hydrogens (primary N) is 1. The van der Waals surface area contributed by atoms with Gasteiger partial charge < -0.3 is 20.9 Å². The maximum absolute atomic E-state index is 10.7. The molecule has 0 aliphatic rings. The third kappa shape index (κ3) is 5.96. The quantitative estimate of drug-likeness (QED) is 0.679. The molecule has 0 aliphatic carbocycles. The molecule has 1 rings (SSSR count). The fourth-order valence-corrected chi connectivity index (χ4v) is 1.90. The van der Waals surface area contributed by atoms with Crippen LogP contribution in [0, 0.1) is 0 Å². The third-order valence-corrected chi connectivity index (χ3v) is 3.36. The Kier molecular flexibility index (Phi) is 7.09. The van der Waals surface area contributed by atoms with Crippen molar-refractivity contribution in [3.05, 3.63) is 28.2 Å². The number of nitrogens with one attached hydrogen (secondary N) is 1. The summed E-state index contributed by atoms with van der Waals surface area (Å²) in [5.41, 5.74) is 5.07. The Morgan fingerprint density at radius 1 is 1.50 bits per heavy atom. The molecular formula is C13H18Cl2N2O3. The summed E-state index contributed by atoms with van der Waals surface area (Å²) >= 11 is 11.8. The smallest absolute Gasteiger partial charge is 0.218 e. The standard InChI is InChI=1S/C13H18Cl2N2O3/c1-8(5-12(16)19)17-6-9(18)7-20-11-4-2-3-10(14)13(11)15/h2-4,8-9,17-18H,5-7H2,1H3,(H2,16,19). The summed E-state index contributed by atoms with van der Waals surface area (Å²) in [6.07, 6.45) is -0.520. The number of primary amides is 1. The van der Waals surface area contributed by atoms with E-state index < -0.39 is 6.10 Å². The summed E-state index contributed by atoms with van der Waals surface area (Å²) in [6, 6.07) is 4.94. The second kappa shape index (κ2) is 8.32. The average molecular weight is 321 g/mol. The van der Waals surface area contributed by atoms with Crippen LogP contribution in [0.5, 0.6) is 5.75 Å². The molecule has 0 heterocycles. The van der Waals surface area contributed by atoms with E-state index in [1.54, 1.807) is 18.2 Å². The van der Waals surface area contributed by atoms with Crippen molar-refractivity contribution < 1.29 is 14.6 Å². The molecule has 2 atom stereocenters. The molecule has 7 heteroatoms. The van der Waals surface area contributed by atoms with Crippen molar-refractivity contribution in [2.45, 2.75) is 25.5 Å². The molecule has 1 amide bonds. The molecule has 1 aromatic rings. The van der Waals surface area contributed by atoms with E-state index in [9.17, 15) is 9.90 Å². The van der Waals surface area contributed by atoms with Gasteiger partial charge in [0.1, 0.15) is 23.5 Å². The Hall–Kier alpha value is -1.01. The van der Waals surface area contributed by atoms with Crippen LogP contribution in [0.25, 0.3) is 0 Å². The predicted octanol–water partition coefficient (Wildman–Crippen LogP) is 1.59. The van der Waals surface area contributed by atoms with E-state index in [0.717, 1.165) is 0 Å². The second-order valence-electron chi connectivity index (χ2n) is 4.50. The van der Waals surface area contributed by atoms with Crippen molar-refractivity contribution in [1.82, 2.24) is 5.32 Å². The van der Waals surface area contributed by atoms with Crippen molar-refractivity contribution in [3.63, 3.8) is 0 Å². The fraction of sp³-hybridized carbons (Fsp3) is 0.462. The average Bonchev–Trinajstić information content (AvgIpc) is 2.37.